The van der Waals surface area contributed by atoms with Gasteiger partial charge in [0.25, 0.3) is 0 Å². The molecule has 3 aromatic rings. The number of halogens is 1. The third-order valence-electron chi connectivity index (χ3n) is 4.95. The van der Waals surface area contributed by atoms with E-state index < -0.39 is 11.8 Å². The molecule has 0 N–H and O–H groups in total. The van der Waals surface area contributed by atoms with Crippen LogP contribution < -0.4 is 48.9 Å². The topological polar surface area (TPSA) is 89.4 Å². The molecule has 0 saturated heterocycles. The van der Waals surface area contributed by atoms with Crippen LogP contribution in [0.25, 0.3) is 0 Å². The van der Waals surface area contributed by atoms with Crippen LogP contribution in [0.2, 0.25) is 0 Å². The Kier molecular flexibility index (Phi) is 11.6. The van der Waals surface area contributed by atoms with Crippen molar-refractivity contribution in [2.75, 3.05) is 20.8 Å². The summed E-state index contributed by atoms with van der Waals surface area (Å²) in [5.74, 6) is 0.0240. The number of nitrogens with zero attached hydrogens (tertiary/aromatic N) is 1. The van der Waals surface area contributed by atoms with Crippen LogP contribution in [0.15, 0.2) is 71.9 Å². The monoisotopic (exact) mass is 489 g/mol. The van der Waals surface area contributed by atoms with Crippen LogP contribution >= 0.6 is 0 Å². The molecule has 0 atom stereocenters. The fraction of sp³-hybridized carbons (Fsp3) is 0.231. The molecular weight excluding hydrogens is 464 g/mol. The van der Waals surface area contributed by atoms with Crippen molar-refractivity contribution in [3.05, 3.63) is 89.2 Å². The minimum atomic E-state index is -1.21. The SMILES string of the molecule is CO/N=C(\COc1ccc(COc2ccc(CCC(=O)[O-])c(F)c2)cc1)c1ccc(OC)cc1.[Na+]. The fourth-order valence-corrected chi connectivity index (χ4v) is 3.11. The summed E-state index contributed by atoms with van der Waals surface area (Å²) in [5.41, 5.74) is 2.66. The van der Waals surface area contributed by atoms with E-state index in [1.807, 2.05) is 36.4 Å². The van der Waals surface area contributed by atoms with Gasteiger partial charge in [0, 0.05) is 17.6 Å². The molecule has 0 aliphatic heterocycles. The third-order valence-corrected chi connectivity index (χ3v) is 4.95. The Morgan fingerprint density at radius 2 is 1.57 bits per heavy atom. The first-order valence-corrected chi connectivity index (χ1v) is 10.6. The maximum Gasteiger partial charge on any atom is 1.00 e. The summed E-state index contributed by atoms with van der Waals surface area (Å²) >= 11 is 0. The van der Waals surface area contributed by atoms with E-state index in [1.54, 1.807) is 25.3 Å². The molecule has 0 spiro atoms. The first-order valence-electron chi connectivity index (χ1n) is 10.6. The molecule has 0 unspecified atom stereocenters. The average Bonchev–Trinajstić information content (AvgIpc) is 2.85. The molecule has 0 bridgehead atoms. The standard InChI is InChI=1S/C26H26FNO6.Na/c1-31-21-11-6-20(7-12-21)25(28-32-2)17-34-22-9-3-18(4-10-22)16-33-23-13-5-19(24(27)15-23)8-14-26(29)30;/h3-7,9-13,15H,8,14,16-17H2,1-2H3,(H,29,30);/q;+1/p-1/b28-25+;. The summed E-state index contributed by atoms with van der Waals surface area (Å²) in [6.45, 7) is 0.444. The summed E-state index contributed by atoms with van der Waals surface area (Å²) < 4.78 is 30.8. The maximum atomic E-state index is 14.1. The Morgan fingerprint density at radius 1 is 0.914 bits per heavy atom. The molecule has 9 heteroatoms. The number of aryl methyl sites for hydroxylation is 1. The maximum absolute atomic E-state index is 14.1. The number of ether oxygens (including phenoxy) is 3. The Morgan fingerprint density at radius 3 is 2.17 bits per heavy atom. The van der Waals surface area contributed by atoms with Crippen LogP contribution in [0.1, 0.15) is 23.1 Å². The van der Waals surface area contributed by atoms with E-state index in [0.29, 0.717) is 22.8 Å². The number of aliphatic carboxylic acids is 1. The van der Waals surface area contributed by atoms with Gasteiger partial charge in [-0.25, -0.2) is 4.39 Å². The number of carbonyl (C=O) groups excluding carboxylic acids is 1. The van der Waals surface area contributed by atoms with Gasteiger partial charge in [-0.3, -0.25) is 0 Å². The molecule has 0 fully saturated rings. The van der Waals surface area contributed by atoms with E-state index in [9.17, 15) is 14.3 Å². The number of hydrogen-bond donors (Lipinski definition) is 0. The van der Waals surface area contributed by atoms with Crippen molar-refractivity contribution < 1.29 is 62.9 Å². The van der Waals surface area contributed by atoms with Gasteiger partial charge in [-0.15, -0.1) is 0 Å². The fourth-order valence-electron chi connectivity index (χ4n) is 3.11. The largest absolute Gasteiger partial charge is 1.00 e. The molecule has 0 aliphatic carbocycles. The summed E-state index contributed by atoms with van der Waals surface area (Å²) in [4.78, 5) is 15.5. The predicted octanol–water partition coefficient (Wildman–Crippen LogP) is 0.529. The summed E-state index contributed by atoms with van der Waals surface area (Å²) in [5, 5.41) is 14.6. The van der Waals surface area contributed by atoms with Gasteiger partial charge >= 0.3 is 29.6 Å². The number of hydrogen-bond acceptors (Lipinski definition) is 7. The first-order chi connectivity index (χ1) is 16.5. The molecule has 0 radical (unpaired) electrons. The van der Waals surface area contributed by atoms with E-state index in [1.165, 1.54) is 19.2 Å². The Balaban J connectivity index is 0.00000432. The number of methoxy groups -OCH3 is 1. The van der Waals surface area contributed by atoms with Crippen molar-refractivity contribution in [1.82, 2.24) is 0 Å². The molecule has 0 heterocycles. The van der Waals surface area contributed by atoms with E-state index in [-0.39, 0.29) is 55.6 Å². The molecule has 178 valence electrons. The molecule has 0 amide bonds. The van der Waals surface area contributed by atoms with Crippen molar-refractivity contribution in [1.29, 1.82) is 0 Å². The van der Waals surface area contributed by atoms with Crippen LogP contribution in [0.3, 0.4) is 0 Å². The van der Waals surface area contributed by atoms with Crippen molar-refractivity contribution in [3.8, 4) is 17.2 Å². The Hall–Kier alpha value is -3.07. The van der Waals surface area contributed by atoms with Crippen molar-refractivity contribution in [3.63, 3.8) is 0 Å². The number of carboxylic acids is 1. The smallest absolute Gasteiger partial charge is 0.550 e. The minimum Gasteiger partial charge on any atom is -0.550 e. The van der Waals surface area contributed by atoms with Gasteiger partial charge in [0.15, 0.2) is 0 Å². The van der Waals surface area contributed by atoms with Crippen LogP contribution in [-0.2, 0) is 22.7 Å². The van der Waals surface area contributed by atoms with Crippen LogP contribution in [0, 0.1) is 5.82 Å². The number of oxime groups is 1. The van der Waals surface area contributed by atoms with Gasteiger partial charge in [0.05, 0.1) is 7.11 Å². The Labute approximate surface area is 225 Å². The van der Waals surface area contributed by atoms with E-state index in [4.69, 9.17) is 19.0 Å². The molecule has 3 aromatic carbocycles. The summed E-state index contributed by atoms with van der Waals surface area (Å²) in [7, 11) is 3.08. The molecule has 0 saturated carbocycles. The van der Waals surface area contributed by atoms with Crippen molar-refractivity contribution >= 4 is 11.7 Å². The number of carbonyl (C=O) groups is 1. The van der Waals surface area contributed by atoms with Gasteiger partial charge in [-0.05, 0) is 66.4 Å². The first kappa shape index (κ1) is 28.2. The van der Waals surface area contributed by atoms with Crippen molar-refractivity contribution in [2.45, 2.75) is 19.4 Å². The summed E-state index contributed by atoms with van der Waals surface area (Å²) in [6.07, 6.45) is -0.157. The van der Waals surface area contributed by atoms with E-state index in [2.05, 4.69) is 5.16 Å². The number of rotatable bonds is 12. The van der Waals surface area contributed by atoms with Crippen LogP contribution in [0.4, 0.5) is 4.39 Å². The molecular formula is C26H25FNNaO6. The molecule has 3 rings (SSSR count). The zero-order valence-corrected chi connectivity index (χ0v) is 22.0. The second-order valence-electron chi connectivity index (χ2n) is 7.30. The van der Waals surface area contributed by atoms with Crippen LogP contribution in [-0.4, -0.2) is 32.5 Å². The van der Waals surface area contributed by atoms with Crippen molar-refractivity contribution in [2.24, 2.45) is 5.16 Å². The summed E-state index contributed by atoms with van der Waals surface area (Å²) in [6, 6.07) is 19.1. The van der Waals surface area contributed by atoms with Gasteiger partial charge in [0.1, 0.15) is 49.1 Å². The van der Waals surface area contributed by atoms with E-state index in [0.717, 1.165) is 16.9 Å². The third kappa shape index (κ3) is 8.90. The molecule has 35 heavy (non-hydrogen) atoms. The van der Waals surface area contributed by atoms with Gasteiger partial charge < -0.3 is 28.9 Å². The number of benzene rings is 3. The van der Waals surface area contributed by atoms with Gasteiger partial charge in [-0.2, -0.15) is 0 Å². The van der Waals surface area contributed by atoms with E-state index >= 15 is 0 Å². The average molecular weight is 489 g/mol. The number of carboxylic acid groups (broad SMARTS) is 1. The normalized spacial score (nSPS) is 10.8. The second-order valence-corrected chi connectivity index (χ2v) is 7.30. The second kappa shape index (κ2) is 14.4. The molecule has 0 aromatic heterocycles. The predicted molar refractivity (Wildman–Crippen MR) is 123 cm³/mol. The molecule has 7 nitrogen and oxygen atoms in total. The Bertz CT molecular complexity index is 1120. The van der Waals surface area contributed by atoms with Crippen LogP contribution in [0.5, 0.6) is 17.2 Å². The molecule has 0 aliphatic rings. The van der Waals surface area contributed by atoms with Gasteiger partial charge in [-0.1, -0.05) is 23.4 Å². The minimum absolute atomic E-state index is 0. The zero-order valence-electron chi connectivity index (χ0n) is 20.0. The quantitative estimate of drug-likeness (QED) is 0.210. The zero-order chi connectivity index (χ0) is 24.3. The van der Waals surface area contributed by atoms with Gasteiger partial charge in [0.2, 0.25) is 0 Å².